The molecule has 4 rings (SSSR count). The van der Waals surface area contributed by atoms with Gasteiger partial charge >= 0.3 is 0 Å². The van der Waals surface area contributed by atoms with Gasteiger partial charge in [-0.3, -0.25) is 9.57 Å². The lowest BCUT2D eigenvalue weighted by atomic mass is 9.79. The van der Waals surface area contributed by atoms with Crippen LogP contribution in [0.15, 0.2) is 77.2 Å². The molecule has 8 heteroatoms. The number of anilines is 2. The van der Waals surface area contributed by atoms with Crippen LogP contribution in [0.25, 0.3) is 5.69 Å². The summed E-state index contributed by atoms with van der Waals surface area (Å²) in [5, 5.41) is 19.3. The average molecular weight is 645 g/mol. The van der Waals surface area contributed by atoms with Gasteiger partial charge in [0.05, 0.1) is 0 Å². The Morgan fingerprint density at radius 1 is 0.974 bits per heavy atom. The third kappa shape index (κ3) is 6.58. The molecule has 1 aliphatic rings. The highest BCUT2D eigenvalue weighted by atomic mass is 127. The van der Waals surface area contributed by atoms with E-state index in [9.17, 15) is 9.90 Å². The van der Waals surface area contributed by atoms with Gasteiger partial charge in [-0.25, -0.2) is 0 Å². The molecule has 1 unspecified atom stereocenters. The number of aromatic nitrogens is 1. The van der Waals surface area contributed by atoms with E-state index in [1.54, 1.807) is 6.07 Å². The van der Waals surface area contributed by atoms with Gasteiger partial charge in [0.2, 0.25) is 0 Å². The zero-order chi connectivity index (χ0) is 27.0. The van der Waals surface area contributed by atoms with Crippen molar-refractivity contribution in [3.05, 3.63) is 94.0 Å². The van der Waals surface area contributed by atoms with Crippen molar-refractivity contribution in [2.24, 2.45) is 0 Å². The third-order valence-corrected chi connectivity index (χ3v) is 7.63. The highest BCUT2D eigenvalue weighted by Gasteiger charge is 2.27. The molecule has 2 aromatic carbocycles. The second kappa shape index (κ2) is 11.5. The van der Waals surface area contributed by atoms with Crippen LogP contribution in [0.4, 0.5) is 11.4 Å². The molecule has 202 valence electrons. The van der Waals surface area contributed by atoms with E-state index >= 15 is 0 Å². The van der Waals surface area contributed by atoms with E-state index in [0.717, 1.165) is 27.4 Å². The van der Waals surface area contributed by atoms with E-state index in [1.165, 1.54) is 0 Å². The molecule has 0 spiro atoms. The highest BCUT2D eigenvalue weighted by Crippen LogP contribution is 2.41. The van der Waals surface area contributed by atoms with Crippen molar-refractivity contribution in [2.45, 2.75) is 52.4 Å². The van der Waals surface area contributed by atoms with Crippen LogP contribution in [-0.2, 0) is 21.5 Å². The highest BCUT2D eigenvalue weighted by molar-refractivity contribution is 14.0. The molecule has 4 N–H and O–H groups in total. The molecule has 6 nitrogen and oxygen atoms in total. The van der Waals surface area contributed by atoms with E-state index in [0.29, 0.717) is 17.9 Å². The number of phenolic OH excluding ortho intramolecular Hbond substituents is 1. The normalized spacial score (nSPS) is 15.1. The van der Waals surface area contributed by atoms with Crippen LogP contribution in [0.3, 0.4) is 0 Å². The minimum absolute atomic E-state index is 0. The van der Waals surface area contributed by atoms with Gasteiger partial charge in [-0.1, -0.05) is 58.3 Å². The van der Waals surface area contributed by atoms with Crippen molar-refractivity contribution in [1.29, 1.82) is 4.78 Å². The van der Waals surface area contributed by atoms with Crippen LogP contribution in [-0.4, -0.2) is 22.1 Å². The second-order valence-corrected chi connectivity index (χ2v) is 12.8. The standard InChI is InChI=1S/C30H36N4O2S.HI/c1-29(2,3)24-17-21(18-25(27(24)35)30(4,5)6)33-28(36)26-10-7-15-34(26)22-13-11-20(12-14-22)32-19-23-9-8-16-37(23)31;/h7-18,31-32,35H,19H2,1-6H3,(H,33,36);1H. The number of phenols is 1. The molecule has 2 heterocycles. The SMILES string of the molecule is CC(C)(C)c1cc(NC(=O)c2cccn2-c2ccc(NCC3=CC=CS3=N)cc2)cc(C(C)(C)C)c1O.I. The maximum Gasteiger partial charge on any atom is 0.272 e. The summed E-state index contributed by atoms with van der Waals surface area (Å²) in [6.07, 6.45) is 5.79. The summed E-state index contributed by atoms with van der Waals surface area (Å²) in [5.41, 5.74) is 4.05. The number of nitrogens with zero attached hydrogens (tertiary/aromatic N) is 1. The van der Waals surface area contributed by atoms with E-state index in [-0.39, 0.29) is 46.5 Å². The van der Waals surface area contributed by atoms with Gasteiger partial charge in [0.1, 0.15) is 11.4 Å². The monoisotopic (exact) mass is 644 g/mol. The molecule has 0 aliphatic carbocycles. The smallest absolute Gasteiger partial charge is 0.272 e. The number of hydrogen-bond donors (Lipinski definition) is 4. The Morgan fingerprint density at radius 3 is 2.11 bits per heavy atom. The summed E-state index contributed by atoms with van der Waals surface area (Å²) in [6, 6.07) is 15.3. The van der Waals surface area contributed by atoms with Gasteiger partial charge in [-0.15, -0.1) is 24.0 Å². The van der Waals surface area contributed by atoms with Crippen molar-refractivity contribution in [3.63, 3.8) is 0 Å². The molecular formula is C30H37IN4O2S. The first-order chi connectivity index (χ1) is 17.3. The number of amides is 1. The van der Waals surface area contributed by atoms with E-state index < -0.39 is 10.7 Å². The van der Waals surface area contributed by atoms with E-state index in [2.05, 4.69) is 52.2 Å². The lowest BCUT2D eigenvalue weighted by Gasteiger charge is -2.28. The Hall–Kier alpha value is -2.85. The van der Waals surface area contributed by atoms with Crippen LogP contribution in [0.2, 0.25) is 0 Å². The van der Waals surface area contributed by atoms with Gasteiger partial charge in [-0.05, 0) is 70.8 Å². The first-order valence-electron chi connectivity index (χ1n) is 12.4. The van der Waals surface area contributed by atoms with Gasteiger partial charge in [0, 0.05) is 45.8 Å². The van der Waals surface area contributed by atoms with Crippen molar-refractivity contribution >= 4 is 51.9 Å². The van der Waals surface area contributed by atoms with Crippen molar-refractivity contribution in [2.75, 3.05) is 17.2 Å². The number of halogens is 1. The zero-order valence-corrected chi connectivity index (χ0v) is 25.9. The fourth-order valence-corrected chi connectivity index (χ4v) is 5.15. The number of allylic oxidation sites excluding steroid dienone is 2. The van der Waals surface area contributed by atoms with Crippen molar-refractivity contribution in [1.82, 2.24) is 4.57 Å². The Morgan fingerprint density at radius 2 is 1.58 bits per heavy atom. The van der Waals surface area contributed by atoms with Gasteiger partial charge in [0.25, 0.3) is 5.91 Å². The Bertz CT molecular complexity index is 1370. The number of carbonyl (C=O) groups is 1. The number of hydrogen-bond acceptors (Lipinski definition) is 4. The number of nitrogens with one attached hydrogen (secondary N) is 3. The quantitative estimate of drug-likeness (QED) is 0.163. The van der Waals surface area contributed by atoms with Crippen LogP contribution < -0.4 is 10.6 Å². The van der Waals surface area contributed by atoms with Gasteiger partial charge in [0.15, 0.2) is 0 Å². The number of rotatable bonds is 6. The summed E-state index contributed by atoms with van der Waals surface area (Å²) in [6.45, 7) is 13.0. The lowest BCUT2D eigenvalue weighted by Crippen LogP contribution is -2.20. The molecule has 1 amide bonds. The predicted octanol–water partition coefficient (Wildman–Crippen LogP) is 7.85. The topological polar surface area (TPSA) is 90.1 Å². The zero-order valence-electron chi connectivity index (χ0n) is 22.8. The molecule has 0 saturated carbocycles. The first-order valence-corrected chi connectivity index (χ1v) is 13.7. The van der Waals surface area contributed by atoms with Crippen LogP contribution in [0.1, 0.15) is 63.2 Å². The third-order valence-electron chi connectivity index (χ3n) is 6.36. The van der Waals surface area contributed by atoms with E-state index in [4.69, 9.17) is 4.78 Å². The Kier molecular flexibility index (Phi) is 8.98. The Labute approximate surface area is 245 Å². The fourth-order valence-electron chi connectivity index (χ4n) is 4.29. The molecular weight excluding hydrogens is 607 g/mol. The molecule has 38 heavy (non-hydrogen) atoms. The number of benzene rings is 2. The summed E-state index contributed by atoms with van der Waals surface area (Å²) in [4.78, 5) is 14.4. The summed E-state index contributed by atoms with van der Waals surface area (Å²) in [7, 11) is -0.548. The fraction of sp³-hybridized carbons (Fsp3) is 0.300. The maximum absolute atomic E-state index is 13.4. The predicted molar refractivity (Wildman–Crippen MR) is 170 cm³/mol. The largest absolute Gasteiger partial charge is 0.507 e. The summed E-state index contributed by atoms with van der Waals surface area (Å²) < 4.78 is 9.86. The molecule has 1 aromatic heterocycles. The minimum Gasteiger partial charge on any atom is -0.507 e. The maximum atomic E-state index is 13.4. The second-order valence-electron chi connectivity index (χ2n) is 11.3. The summed E-state index contributed by atoms with van der Waals surface area (Å²) in [5.74, 6) is 0.0648. The average Bonchev–Trinajstić information content (AvgIpc) is 3.47. The molecule has 1 atom stereocenters. The number of aromatic hydroxyl groups is 1. The van der Waals surface area contributed by atoms with Crippen LogP contribution in [0.5, 0.6) is 5.75 Å². The molecule has 1 aliphatic heterocycles. The molecule has 3 aromatic rings. The lowest BCUT2D eigenvalue weighted by molar-refractivity contribution is 0.102. The van der Waals surface area contributed by atoms with Gasteiger partial charge < -0.3 is 20.3 Å². The Balaban J connectivity index is 0.00000400. The molecule has 0 saturated heterocycles. The molecule has 0 bridgehead atoms. The minimum atomic E-state index is -0.548. The summed E-state index contributed by atoms with van der Waals surface area (Å²) >= 11 is 0. The van der Waals surface area contributed by atoms with Crippen molar-refractivity contribution in [3.8, 4) is 11.4 Å². The van der Waals surface area contributed by atoms with Crippen LogP contribution in [0, 0.1) is 4.78 Å². The van der Waals surface area contributed by atoms with Gasteiger partial charge in [-0.2, -0.15) is 0 Å². The van der Waals surface area contributed by atoms with E-state index in [1.807, 2.05) is 70.8 Å². The molecule has 0 radical (unpaired) electrons. The van der Waals surface area contributed by atoms with Crippen LogP contribution >= 0.6 is 24.0 Å². The van der Waals surface area contributed by atoms with Crippen molar-refractivity contribution < 1.29 is 9.90 Å². The number of carbonyl (C=O) groups excluding carboxylic acids is 1. The molecule has 0 fully saturated rings. The first kappa shape index (κ1) is 29.7.